The second-order valence-corrected chi connectivity index (χ2v) is 3.97. The van der Waals surface area contributed by atoms with Crippen molar-refractivity contribution in [2.45, 2.75) is 6.42 Å². The highest BCUT2D eigenvalue weighted by molar-refractivity contribution is 5.97. The van der Waals surface area contributed by atoms with Crippen molar-refractivity contribution >= 4 is 17.7 Å². The summed E-state index contributed by atoms with van der Waals surface area (Å²) in [5.74, 6) is -1.41. The van der Waals surface area contributed by atoms with E-state index >= 15 is 0 Å². The Labute approximate surface area is 118 Å². The van der Waals surface area contributed by atoms with Gasteiger partial charge in [0.25, 0.3) is 0 Å². The molecule has 0 aliphatic rings. The summed E-state index contributed by atoms with van der Waals surface area (Å²) in [5, 5.41) is 26.9. The Kier molecular flexibility index (Phi) is 4.34. The minimum atomic E-state index is -1.28. The number of hydrogen-bond acceptors (Lipinski definition) is 6. The Hall–Kier alpha value is -3.10. The van der Waals surface area contributed by atoms with Gasteiger partial charge in [-0.1, -0.05) is 11.2 Å². The highest BCUT2D eigenvalue weighted by atomic mass is 16.5. The zero-order valence-corrected chi connectivity index (χ0v) is 10.7. The van der Waals surface area contributed by atoms with Gasteiger partial charge in [-0.2, -0.15) is 4.98 Å². The quantitative estimate of drug-likeness (QED) is 0.599. The summed E-state index contributed by atoms with van der Waals surface area (Å²) < 4.78 is 4.76. The molecule has 2 aromatic rings. The molecule has 0 spiro atoms. The number of para-hydroxylation sites is 1. The fourth-order valence-electron chi connectivity index (χ4n) is 1.57. The number of nitrogens with zero attached hydrogens (tertiary/aromatic N) is 2. The van der Waals surface area contributed by atoms with Gasteiger partial charge >= 0.3 is 12.0 Å². The predicted octanol–water partition coefficient (Wildman–Crippen LogP) is 0.838. The normalized spacial score (nSPS) is 10.1. The lowest BCUT2D eigenvalue weighted by atomic mass is 10.2. The highest BCUT2D eigenvalue weighted by Gasteiger charge is 2.14. The van der Waals surface area contributed by atoms with Gasteiger partial charge in [0.05, 0.1) is 5.69 Å². The number of aromatic carboxylic acids is 1. The van der Waals surface area contributed by atoms with Gasteiger partial charge in [-0.3, -0.25) is 0 Å². The first-order chi connectivity index (χ1) is 10.1. The van der Waals surface area contributed by atoms with Gasteiger partial charge in [0.15, 0.2) is 12.1 Å². The number of aromatic nitrogens is 2. The number of urea groups is 1. The van der Waals surface area contributed by atoms with E-state index in [0.717, 1.165) is 0 Å². The molecule has 0 unspecified atom stereocenters. The minimum Gasteiger partial charge on any atom is -0.505 e. The molecule has 0 saturated heterocycles. The molecule has 1 heterocycles. The average molecular weight is 292 g/mol. The summed E-state index contributed by atoms with van der Waals surface area (Å²) in [6.07, 6.45) is 1.61. The molecule has 0 saturated carbocycles. The van der Waals surface area contributed by atoms with Crippen LogP contribution in [0.4, 0.5) is 10.5 Å². The smallest absolute Gasteiger partial charge is 0.339 e. The maximum Gasteiger partial charge on any atom is 0.339 e. The van der Waals surface area contributed by atoms with E-state index in [1.807, 2.05) is 0 Å². The van der Waals surface area contributed by atoms with Crippen LogP contribution in [0.15, 0.2) is 29.0 Å². The summed E-state index contributed by atoms with van der Waals surface area (Å²) >= 11 is 0. The lowest BCUT2D eigenvalue weighted by molar-refractivity contribution is 0.0693. The van der Waals surface area contributed by atoms with Crippen molar-refractivity contribution in [3.63, 3.8) is 0 Å². The van der Waals surface area contributed by atoms with E-state index in [1.165, 1.54) is 24.5 Å². The molecule has 0 bridgehead atoms. The number of hydrogen-bond donors (Lipinski definition) is 4. The van der Waals surface area contributed by atoms with Crippen LogP contribution in [0.1, 0.15) is 16.2 Å². The van der Waals surface area contributed by atoms with E-state index in [4.69, 9.17) is 9.63 Å². The molecule has 1 aromatic carbocycles. The monoisotopic (exact) mass is 292 g/mol. The number of nitrogens with one attached hydrogen (secondary N) is 2. The summed E-state index contributed by atoms with van der Waals surface area (Å²) in [6.45, 7) is 0.243. The molecular formula is C12H12N4O5. The van der Waals surface area contributed by atoms with Gasteiger partial charge in [0, 0.05) is 13.0 Å². The lowest BCUT2D eigenvalue weighted by Gasteiger charge is -2.09. The van der Waals surface area contributed by atoms with Crippen molar-refractivity contribution in [1.82, 2.24) is 15.5 Å². The van der Waals surface area contributed by atoms with E-state index in [9.17, 15) is 14.7 Å². The first-order valence-corrected chi connectivity index (χ1v) is 5.93. The largest absolute Gasteiger partial charge is 0.505 e. The van der Waals surface area contributed by atoms with E-state index < -0.39 is 17.7 Å². The van der Waals surface area contributed by atoms with Gasteiger partial charge in [-0.05, 0) is 12.1 Å². The SMILES string of the molecule is O=C(NCCc1ncno1)Nc1cccc(C(=O)O)c1O. The Balaban J connectivity index is 1.90. The Morgan fingerprint density at radius 3 is 2.81 bits per heavy atom. The van der Waals surface area contributed by atoms with Crippen LogP contribution in [-0.2, 0) is 6.42 Å². The zero-order chi connectivity index (χ0) is 15.2. The lowest BCUT2D eigenvalue weighted by Crippen LogP contribution is -2.30. The molecule has 9 heteroatoms. The second kappa shape index (κ2) is 6.37. The number of anilines is 1. The molecule has 0 aliphatic carbocycles. The summed E-state index contributed by atoms with van der Waals surface area (Å²) in [5.41, 5.74) is -0.288. The van der Waals surface area contributed by atoms with Gasteiger partial charge in [0.1, 0.15) is 5.56 Å². The van der Waals surface area contributed by atoms with Crippen molar-refractivity contribution < 1.29 is 24.3 Å². The molecule has 1 aromatic heterocycles. The van der Waals surface area contributed by atoms with Gasteiger partial charge < -0.3 is 25.4 Å². The minimum absolute atomic E-state index is 0.00481. The number of carbonyl (C=O) groups excluding carboxylic acids is 1. The number of phenols is 1. The van der Waals surface area contributed by atoms with Gasteiger partial charge in [-0.25, -0.2) is 9.59 Å². The topological polar surface area (TPSA) is 138 Å². The molecule has 4 N–H and O–H groups in total. The predicted molar refractivity (Wildman–Crippen MR) is 70.1 cm³/mol. The Bertz CT molecular complexity index is 641. The standard InChI is InChI=1S/C12H12N4O5/c17-10-7(11(18)19)2-1-3-8(10)16-12(20)13-5-4-9-14-6-15-21-9/h1-3,6,17H,4-5H2,(H,18,19)(H2,13,16,20). The average Bonchev–Trinajstić information content (AvgIpc) is 2.94. The van der Waals surface area contributed by atoms with E-state index in [2.05, 4.69) is 20.8 Å². The molecule has 0 radical (unpaired) electrons. The number of aromatic hydroxyl groups is 1. The molecule has 0 aliphatic heterocycles. The molecule has 21 heavy (non-hydrogen) atoms. The van der Waals surface area contributed by atoms with Crippen molar-refractivity contribution in [2.24, 2.45) is 0 Å². The first kappa shape index (κ1) is 14.3. The summed E-state index contributed by atoms with van der Waals surface area (Å²) in [6, 6.07) is 3.44. The van der Waals surface area contributed by atoms with Crippen molar-refractivity contribution in [3.8, 4) is 5.75 Å². The summed E-state index contributed by atoms with van der Waals surface area (Å²) in [4.78, 5) is 26.3. The third-order valence-electron chi connectivity index (χ3n) is 2.55. The number of carboxylic acid groups (broad SMARTS) is 1. The van der Waals surface area contributed by atoms with Gasteiger partial charge in [-0.15, -0.1) is 0 Å². The molecule has 0 atom stereocenters. The summed E-state index contributed by atoms with van der Waals surface area (Å²) in [7, 11) is 0. The number of amides is 2. The Morgan fingerprint density at radius 2 is 2.14 bits per heavy atom. The molecule has 9 nitrogen and oxygen atoms in total. The maximum absolute atomic E-state index is 11.6. The number of carbonyl (C=O) groups is 2. The fourth-order valence-corrected chi connectivity index (χ4v) is 1.57. The van der Waals surface area contributed by atoms with Gasteiger partial charge in [0.2, 0.25) is 5.89 Å². The van der Waals surface area contributed by atoms with Crippen LogP contribution in [-0.4, -0.2) is 38.9 Å². The highest BCUT2D eigenvalue weighted by Crippen LogP contribution is 2.27. The zero-order valence-electron chi connectivity index (χ0n) is 10.7. The third kappa shape index (κ3) is 3.69. The fraction of sp³-hybridized carbons (Fsp3) is 0.167. The molecule has 2 amide bonds. The molecule has 110 valence electrons. The first-order valence-electron chi connectivity index (χ1n) is 5.93. The van der Waals surface area contributed by atoms with Crippen LogP contribution in [0.25, 0.3) is 0 Å². The molecule has 0 fully saturated rings. The van der Waals surface area contributed by atoms with Crippen molar-refractivity contribution in [3.05, 3.63) is 36.0 Å². The van der Waals surface area contributed by atoms with Crippen molar-refractivity contribution in [2.75, 3.05) is 11.9 Å². The molecule has 2 rings (SSSR count). The van der Waals surface area contributed by atoms with Crippen LogP contribution in [0, 0.1) is 0 Å². The Morgan fingerprint density at radius 1 is 1.33 bits per heavy atom. The van der Waals surface area contributed by atoms with Crippen LogP contribution < -0.4 is 10.6 Å². The van der Waals surface area contributed by atoms with Crippen LogP contribution in [0.3, 0.4) is 0 Å². The second-order valence-electron chi connectivity index (χ2n) is 3.97. The third-order valence-corrected chi connectivity index (χ3v) is 2.55. The number of benzene rings is 1. The van der Waals surface area contributed by atoms with Crippen LogP contribution in [0.2, 0.25) is 0 Å². The van der Waals surface area contributed by atoms with E-state index in [1.54, 1.807) is 0 Å². The van der Waals surface area contributed by atoms with Crippen LogP contribution in [0.5, 0.6) is 5.75 Å². The maximum atomic E-state index is 11.6. The van der Waals surface area contributed by atoms with E-state index in [0.29, 0.717) is 12.3 Å². The number of rotatable bonds is 5. The molecular weight excluding hydrogens is 280 g/mol. The van der Waals surface area contributed by atoms with Crippen LogP contribution >= 0.6 is 0 Å². The van der Waals surface area contributed by atoms with E-state index in [-0.39, 0.29) is 17.8 Å². The number of carboxylic acids is 1. The van der Waals surface area contributed by atoms with Crippen molar-refractivity contribution in [1.29, 1.82) is 0 Å².